The maximum Gasteiger partial charge on any atom is 0.212 e. The molecule has 1 aromatic heterocycles. The number of methoxy groups -OCH3 is 1. The van der Waals surface area contributed by atoms with E-state index in [1.807, 2.05) is 18.2 Å². The zero-order chi connectivity index (χ0) is 11.7. The molecular weight excluding hydrogens is 254 g/mol. The molecule has 2 aromatic rings. The largest absolute Gasteiger partial charge is 0.497 e. The molecule has 1 aliphatic heterocycles. The zero-order valence-electron chi connectivity index (χ0n) is 9.88. The smallest absolute Gasteiger partial charge is 0.212 e. The summed E-state index contributed by atoms with van der Waals surface area (Å²) in [5, 5.41) is 8.45. The van der Waals surface area contributed by atoms with Crippen LogP contribution in [0.3, 0.4) is 0 Å². The van der Waals surface area contributed by atoms with E-state index in [0.717, 1.165) is 35.7 Å². The van der Waals surface area contributed by atoms with Gasteiger partial charge in [0.25, 0.3) is 0 Å². The second-order valence-corrected chi connectivity index (χ2v) is 3.75. The summed E-state index contributed by atoms with van der Waals surface area (Å²) in [5.41, 5.74) is 4.06. The Morgan fingerprint density at radius 2 is 2.33 bits per heavy atom. The van der Waals surface area contributed by atoms with Gasteiger partial charge in [0.2, 0.25) is 5.96 Å². The van der Waals surface area contributed by atoms with Gasteiger partial charge in [0.1, 0.15) is 5.75 Å². The summed E-state index contributed by atoms with van der Waals surface area (Å²) < 4.78 is 5.20. The summed E-state index contributed by atoms with van der Waals surface area (Å²) in [6, 6.07) is 5.83. The third kappa shape index (κ3) is 2.19. The maximum atomic E-state index is 5.20. The highest BCUT2D eigenvalue weighted by molar-refractivity contribution is 5.90. The van der Waals surface area contributed by atoms with Crippen LogP contribution in [0.25, 0.3) is 10.9 Å². The molecule has 0 fully saturated rings. The number of ether oxygens (including phenoxy) is 1. The van der Waals surface area contributed by atoms with Crippen LogP contribution in [0.2, 0.25) is 0 Å². The summed E-state index contributed by atoms with van der Waals surface area (Å²) in [5.74, 6) is 1.56. The first kappa shape index (κ1) is 12.5. The van der Waals surface area contributed by atoms with E-state index in [1.54, 1.807) is 18.1 Å². The van der Waals surface area contributed by atoms with E-state index in [-0.39, 0.29) is 12.4 Å². The van der Waals surface area contributed by atoms with Crippen LogP contribution in [-0.2, 0) is 0 Å². The number of rotatable bonds is 2. The molecule has 0 saturated carbocycles. The van der Waals surface area contributed by atoms with Crippen LogP contribution in [-0.4, -0.2) is 36.0 Å². The van der Waals surface area contributed by atoms with Crippen molar-refractivity contribution in [1.29, 1.82) is 0 Å². The van der Waals surface area contributed by atoms with E-state index in [2.05, 4.69) is 20.8 Å². The van der Waals surface area contributed by atoms with Gasteiger partial charge in [-0.1, -0.05) is 0 Å². The van der Waals surface area contributed by atoms with Gasteiger partial charge in [-0.15, -0.1) is 12.4 Å². The highest BCUT2D eigenvalue weighted by Crippen LogP contribution is 2.19. The molecule has 96 valence electrons. The van der Waals surface area contributed by atoms with Gasteiger partial charge in [-0.3, -0.25) is 0 Å². The average Bonchev–Trinajstić information content (AvgIpc) is 2.99. The Morgan fingerprint density at radius 1 is 1.44 bits per heavy atom. The standard InChI is InChI=1S/C11H13N5O.ClH/c1-17-9-3-2-8-7-14-16(10(8)6-9)15-11-12-4-5-13-11;/h2-3,6-7H,4-5H2,1H3,(H2,12,13,15);1H. The lowest BCUT2D eigenvalue weighted by Crippen LogP contribution is -2.32. The van der Waals surface area contributed by atoms with Crippen molar-refractivity contribution in [2.45, 2.75) is 0 Å². The highest BCUT2D eigenvalue weighted by atomic mass is 35.5. The number of benzene rings is 1. The van der Waals surface area contributed by atoms with Crippen LogP contribution in [0.4, 0.5) is 0 Å². The van der Waals surface area contributed by atoms with Crippen molar-refractivity contribution in [2.75, 3.05) is 25.6 Å². The van der Waals surface area contributed by atoms with Gasteiger partial charge in [0.05, 0.1) is 25.4 Å². The molecule has 0 bridgehead atoms. The monoisotopic (exact) mass is 267 g/mol. The van der Waals surface area contributed by atoms with Crippen molar-refractivity contribution < 1.29 is 4.74 Å². The SMILES string of the molecule is COc1ccc2cnn(NC3=NCCN3)c2c1.Cl. The molecule has 3 rings (SSSR count). The van der Waals surface area contributed by atoms with Gasteiger partial charge < -0.3 is 10.1 Å². The molecule has 0 radical (unpaired) electrons. The number of halogens is 1. The van der Waals surface area contributed by atoms with E-state index < -0.39 is 0 Å². The van der Waals surface area contributed by atoms with Gasteiger partial charge in [-0.2, -0.15) is 9.89 Å². The molecule has 0 saturated heterocycles. The number of nitrogens with zero attached hydrogens (tertiary/aromatic N) is 3. The van der Waals surface area contributed by atoms with E-state index in [4.69, 9.17) is 4.74 Å². The van der Waals surface area contributed by atoms with E-state index in [1.165, 1.54) is 0 Å². The third-order valence-corrected chi connectivity index (χ3v) is 2.66. The molecule has 0 amide bonds. The fourth-order valence-electron chi connectivity index (χ4n) is 1.79. The van der Waals surface area contributed by atoms with Gasteiger partial charge in [-0.25, -0.2) is 10.4 Å². The molecule has 2 N–H and O–H groups in total. The number of fused-ring (bicyclic) bond motifs is 1. The second-order valence-electron chi connectivity index (χ2n) is 3.75. The van der Waals surface area contributed by atoms with E-state index in [0.29, 0.717) is 0 Å². The maximum absolute atomic E-state index is 5.20. The topological polar surface area (TPSA) is 63.5 Å². The van der Waals surface area contributed by atoms with Crippen LogP contribution < -0.4 is 15.5 Å². The molecule has 0 aliphatic carbocycles. The first-order valence-electron chi connectivity index (χ1n) is 5.44. The summed E-state index contributed by atoms with van der Waals surface area (Å²) in [6.45, 7) is 1.66. The lowest BCUT2D eigenvalue weighted by Gasteiger charge is -2.07. The predicted octanol–water partition coefficient (Wildman–Crippen LogP) is 0.969. The number of aliphatic imine (C=N–C) groups is 1. The summed E-state index contributed by atoms with van der Waals surface area (Å²) >= 11 is 0. The summed E-state index contributed by atoms with van der Waals surface area (Å²) in [4.78, 5) is 5.95. The molecule has 1 aromatic carbocycles. The van der Waals surface area contributed by atoms with Crippen molar-refractivity contribution >= 4 is 29.3 Å². The first-order chi connectivity index (χ1) is 8.36. The predicted molar refractivity (Wildman–Crippen MR) is 73.2 cm³/mol. The number of nitrogens with one attached hydrogen (secondary N) is 2. The van der Waals surface area contributed by atoms with Crippen LogP contribution in [0.1, 0.15) is 0 Å². The van der Waals surface area contributed by atoms with E-state index >= 15 is 0 Å². The minimum Gasteiger partial charge on any atom is -0.497 e. The Kier molecular flexibility index (Phi) is 3.57. The Labute approximate surface area is 110 Å². The molecule has 7 heteroatoms. The molecule has 6 nitrogen and oxygen atoms in total. The average molecular weight is 268 g/mol. The molecule has 2 heterocycles. The Hall–Kier alpha value is -1.95. The minimum atomic E-state index is 0. The van der Waals surface area contributed by atoms with E-state index in [9.17, 15) is 0 Å². The molecule has 1 aliphatic rings. The minimum absolute atomic E-state index is 0. The van der Waals surface area contributed by atoms with Crippen LogP contribution >= 0.6 is 12.4 Å². The Bertz CT molecular complexity index is 580. The Morgan fingerprint density at radius 3 is 3.06 bits per heavy atom. The van der Waals surface area contributed by atoms with Crippen molar-refractivity contribution in [3.05, 3.63) is 24.4 Å². The van der Waals surface area contributed by atoms with Crippen molar-refractivity contribution in [1.82, 2.24) is 15.2 Å². The number of guanidine groups is 1. The van der Waals surface area contributed by atoms with Crippen LogP contribution in [0.5, 0.6) is 5.75 Å². The Balaban J connectivity index is 0.00000120. The summed E-state index contributed by atoms with van der Waals surface area (Å²) in [7, 11) is 1.65. The van der Waals surface area contributed by atoms with Crippen molar-refractivity contribution in [3.63, 3.8) is 0 Å². The number of hydrogen-bond donors (Lipinski definition) is 2. The molecule has 0 unspecified atom stereocenters. The van der Waals surface area contributed by atoms with Crippen molar-refractivity contribution in [2.24, 2.45) is 4.99 Å². The third-order valence-electron chi connectivity index (χ3n) is 2.66. The fraction of sp³-hybridized carbons (Fsp3) is 0.273. The quantitative estimate of drug-likeness (QED) is 0.851. The highest BCUT2D eigenvalue weighted by Gasteiger charge is 2.08. The second kappa shape index (κ2) is 5.14. The number of aromatic nitrogens is 2. The lowest BCUT2D eigenvalue weighted by atomic mass is 10.2. The van der Waals surface area contributed by atoms with Gasteiger partial charge in [0.15, 0.2) is 0 Å². The lowest BCUT2D eigenvalue weighted by molar-refractivity contribution is 0.415. The normalized spacial score (nSPS) is 13.7. The van der Waals surface area contributed by atoms with Crippen LogP contribution in [0.15, 0.2) is 29.4 Å². The zero-order valence-corrected chi connectivity index (χ0v) is 10.7. The summed E-state index contributed by atoms with van der Waals surface area (Å²) in [6.07, 6.45) is 1.80. The first-order valence-corrected chi connectivity index (χ1v) is 5.44. The molecule has 0 spiro atoms. The molecule has 0 atom stereocenters. The van der Waals surface area contributed by atoms with Gasteiger partial charge in [0, 0.05) is 18.0 Å². The number of hydrogen-bond acceptors (Lipinski definition) is 5. The van der Waals surface area contributed by atoms with Crippen LogP contribution in [0, 0.1) is 0 Å². The molecule has 18 heavy (non-hydrogen) atoms. The van der Waals surface area contributed by atoms with Crippen molar-refractivity contribution in [3.8, 4) is 5.75 Å². The van der Waals surface area contributed by atoms with Gasteiger partial charge >= 0.3 is 0 Å². The fourth-order valence-corrected chi connectivity index (χ4v) is 1.79. The van der Waals surface area contributed by atoms with Gasteiger partial charge in [-0.05, 0) is 12.1 Å². The molecular formula is C11H14ClN5O.